The van der Waals surface area contributed by atoms with Crippen LogP contribution in [0.15, 0.2) is 65.1 Å². The van der Waals surface area contributed by atoms with Crippen LogP contribution in [-0.4, -0.2) is 12.9 Å². The Kier molecular flexibility index (Phi) is 6.22. The maximum Gasteiger partial charge on any atom is 0.189 e. The Bertz CT molecular complexity index is 956. The summed E-state index contributed by atoms with van der Waals surface area (Å²) in [4.78, 5) is 12.3. The topological polar surface area (TPSA) is 48.7 Å². The van der Waals surface area contributed by atoms with Gasteiger partial charge in [-0.2, -0.15) is 0 Å². The number of para-hydroxylation sites is 2. The van der Waals surface area contributed by atoms with Crippen molar-refractivity contribution in [3.63, 3.8) is 0 Å². The quantitative estimate of drug-likeness (QED) is 0.355. The molecule has 3 rings (SSSR count). The Hall–Kier alpha value is -2.69. The standard InChI is InChI=1S/C21H16Cl2O4/c1-25-20-8-3-2-5-16(20)19(24)12-11-14-9-10-15(27-14)13-26-21-17(22)6-4-7-18(21)23/h2-12H,13H2,1H3/b12-11+. The van der Waals surface area contributed by atoms with Crippen LogP contribution in [0.2, 0.25) is 10.0 Å². The number of halogens is 2. The van der Waals surface area contributed by atoms with Gasteiger partial charge in [-0.05, 0) is 48.6 Å². The predicted molar refractivity (Wildman–Crippen MR) is 106 cm³/mol. The molecule has 0 saturated carbocycles. The van der Waals surface area contributed by atoms with Gasteiger partial charge >= 0.3 is 0 Å². The first kappa shape index (κ1) is 19.1. The molecular weight excluding hydrogens is 387 g/mol. The fraction of sp³-hybridized carbons (Fsp3) is 0.0952. The molecule has 0 saturated heterocycles. The average Bonchev–Trinajstić information content (AvgIpc) is 3.13. The van der Waals surface area contributed by atoms with Crippen LogP contribution >= 0.6 is 23.2 Å². The first-order valence-corrected chi connectivity index (χ1v) is 8.85. The molecular formula is C21H16Cl2O4. The number of furan rings is 1. The number of carbonyl (C=O) groups is 1. The Labute approximate surface area is 166 Å². The second-order valence-electron chi connectivity index (χ2n) is 5.54. The Morgan fingerprint density at radius 3 is 2.52 bits per heavy atom. The lowest BCUT2D eigenvalue weighted by Gasteiger charge is -2.07. The fourth-order valence-corrected chi connectivity index (χ4v) is 2.93. The van der Waals surface area contributed by atoms with Gasteiger partial charge in [-0.3, -0.25) is 4.79 Å². The number of benzene rings is 2. The van der Waals surface area contributed by atoms with Crippen LogP contribution in [0, 0.1) is 0 Å². The third-order valence-corrected chi connectivity index (χ3v) is 4.33. The number of carbonyl (C=O) groups excluding carboxylic acids is 1. The summed E-state index contributed by atoms with van der Waals surface area (Å²) in [6.45, 7) is 0.164. The van der Waals surface area contributed by atoms with Crippen LogP contribution in [0.5, 0.6) is 11.5 Å². The van der Waals surface area contributed by atoms with Gasteiger partial charge in [0.25, 0.3) is 0 Å². The third kappa shape index (κ3) is 4.73. The number of allylic oxidation sites excluding steroid dienone is 1. The molecule has 0 fully saturated rings. The van der Waals surface area contributed by atoms with Crippen molar-refractivity contribution in [2.24, 2.45) is 0 Å². The van der Waals surface area contributed by atoms with E-state index in [1.165, 1.54) is 13.2 Å². The maximum atomic E-state index is 12.3. The molecule has 4 nitrogen and oxygen atoms in total. The van der Waals surface area contributed by atoms with E-state index in [2.05, 4.69) is 0 Å². The molecule has 0 aliphatic carbocycles. The highest BCUT2D eigenvalue weighted by molar-refractivity contribution is 6.37. The van der Waals surface area contributed by atoms with Gasteiger partial charge in [-0.25, -0.2) is 0 Å². The molecule has 0 spiro atoms. The van der Waals surface area contributed by atoms with E-state index in [0.717, 1.165) is 0 Å². The molecule has 2 aromatic carbocycles. The molecule has 0 unspecified atom stereocenters. The summed E-state index contributed by atoms with van der Waals surface area (Å²) >= 11 is 12.1. The summed E-state index contributed by atoms with van der Waals surface area (Å²) in [7, 11) is 1.53. The normalized spacial score (nSPS) is 10.9. The van der Waals surface area contributed by atoms with Crippen molar-refractivity contribution in [2.75, 3.05) is 7.11 Å². The zero-order chi connectivity index (χ0) is 19.2. The van der Waals surface area contributed by atoms with Crippen LogP contribution in [-0.2, 0) is 6.61 Å². The summed E-state index contributed by atoms with van der Waals surface area (Å²) in [6, 6.07) is 15.7. The molecule has 1 aromatic heterocycles. The molecule has 3 aromatic rings. The summed E-state index contributed by atoms with van der Waals surface area (Å²) < 4.78 is 16.5. The van der Waals surface area contributed by atoms with Crippen molar-refractivity contribution >= 4 is 35.1 Å². The van der Waals surface area contributed by atoms with Crippen LogP contribution < -0.4 is 9.47 Å². The second kappa shape index (κ2) is 8.80. The fourth-order valence-electron chi connectivity index (χ4n) is 2.42. The van der Waals surface area contributed by atoms with Gasteiger partial charge in [-0.1, -0.05) is 41.4 Å². The van der Waals surface area contributed by atoms with Crippen LogP contribution in [0.3, 0.4) is 0 Å². The molecule has 0 atom stereocenters. The van der Waals surface area contributed by atoms with E-state index in [4.69, 9.17) is 37.1 Å². The van der Waals surface area contributed by atoms with Gasteiger partial charge in [0.1, 0.15) is 23.9 Å². The number of hydrogen-bond donors (Lipinski definition) is 0. The monoisotopic (exact) mass is 402 g/mol. The number of ketones is 1. The first-order chi connectivity index (χ1) is 13.1. The van der Waals surface area contributed by atoms with E-state index in [0.29, 0.717) is 38.6 Å². The van der Waals surface area contributed by atoms with Crippen LogP contribution in [0.1, 0.15) is 21.9 Å². The zero-order valence-electron chi connectivity index (χ0n) is 14.4. The highest BCUT2D eigenvalue weighted by atomic mass is 35.5. The van der Waals surface area contributed by atoms with Crippen molar-refractivity contribution in [1.82, 2.24) is 0 Å². The predicted octanol–water partition coefficient (Wildman–Crippen LogP) is 6.07. The Morgan fingerprint density at radius 2 is 1.78 bits per heavy atom. The lowest BCUT2D eigenvalue weighted by Crippen LogP contribution is -1.98. The van der Waals surface area contributed by atoms with E-state index in [1.54, 1.807) is 54.6 Å². The van der Waals surface area contributed by atoms with E-state index in [-0.39, 0.29) is 12.4 Å². The largest absolute Gasteiger partial charge is 0.496 e. The number of rotatable bonds is 7. The minimum absolute atomic E-state index is 0.164. The lowest BCUT2D eigenvalue weighted by molar-refractivity contribution is 0.104. The third-order valence-electron chi connectivity index (χ3n) is 3.73. The summed E-state index contributed by atoms with van der Waals surface area (Å²) in [5, 5.41) is 0.855. The second-order valence-corrected chi connectivity index (χ2v) is 6.36. The highest BCUT2D eigenvalue weighted by Gasteiger charge is 2.10. The molecule has 0 amide bonds. The first-order valence-electron chi connectivity index (χ1n) is 8.09. The van der Waals surface area contributed by atoms with Crippen molar-refractivity contribution in [1.29, 1.82) is 0 Å². The Balaban J connectivity index is 1.65. The summed E-state index contributed by atoms with van der Waals surface area (Å²) in [6.07, 6.45) is 3.03. The highest BCUT2D eigenvalue weighted by Crippen LogP contribution is 2.33. The average molecular weight is 403 g/mol. The molecule has 27 heavy (non-hydrogen) atoms. The molecule has 0 aliphatic heterocycles. The Morgan fingerprint density at radius 1 is 1.04 bits per heavy atom. The SMILES string of the molecule is COc1ccccc1C(=O)/C=C/c1ccc(COc2c(Cl)cccc2Cl)o1. The lowest BCUT2D eigenvalue weighted by atomic mass is 10.1. The van der Waals surface area contributed by atoms with Crippen molar-refractivity contribution in [2.45, 2.75) is 6.61 Å². The van der Waals surface area contributed by atoms with E-state index in [1.807, 2.05) is 6.07 Å². The maximum absolute atomic E-state index is 12.3. The summed E-state index contributed by atoms with van der Waals surface area (Å²) in [5.41, 5.74) is 0.486. The van der Waals surface area contributed by atoms with Gasteiger partial charge in [0.05, 0.1) is 22.7 Å². The number of hydrogen-bond acceptors (Lipinski definition) is 4. The molecule has 6 heteroatoms. The van der Waals surface area contributed by atoms with Gasteiger partial charge in [0, 0.05) is 0 Å². The van der Waals surface area contributed by atoms with E-state index < -0.39 is 0 Å². The minimum atomic E-state index is -0.176. The molecule has 138 valence electrons. The van der Waals surface area contributed by atoms with Gasteiger partial charge in [-0.15, -0.1) is 0 Å². The molecule has 0 aliphatic rings. The van der Waals surface area contributed by atoms with Crippen molar-refractivity contribution in [3.8, 4) is 11.5 Å². The van der Waals surface area contributed by atoms with Crippen LogP contribution in [0.4, 0.5) is 0 Å². The van der Waals surface area contributed by atoms with Gasteiger partial charge in [0.15, 0.2) is 11.5 Å². The van der Waals surface area contributed by atoms with E-state index >= 15 is 0 Å². The minimum Gasteiger partial charge on any atom is -0.496 e. The number of ether oxygens (including phenoxy) is 2. The number of methoxy groups -OCH3 is 1. The smallest absolute Gasteiger partial charge is 0.189 e. The van der Waals surface area contributed by atoms with E-state index in [9.17, 15) is 4.79 Å². The van der Waals surface area contributed by atoms with Crippen molar-refractivity contribution in [3.05, 3.63) is 87.8 Å². The van der Waals surface area contributed by atoms with Crippen LogP contribution in [0.25, 0.3) is 6.08 Å². The van der Waals surface area contributed by atoms with Gasteiger partial charge in [0.2, 0.25) is 0 Å². The zero-order valence-corrected chi connectivity index (χ0v) is 16.0. The molecule has 0 N–H and O–H groups in total. The molecule has 0 bridgehead atoms. The van der Waals surface area contributed by atoms with Gasteiger partial charge < -0.3 is 13.9 Å². The van der Waals surface area contributed by atoms with Crippen molar-refractivity contribution < 1.29 is 18.7 Å². The molecule has 1 heterocycles. The summed E-state index contributed by atoms with van der Waals surface area (Å²) in [5.74, 6) is 1.86. The molecule has 0 radical (unpaired) electrons.